The summed E-state index contributed by atoms with van der Waals surface area (Å²) in [7, 11) is 0. The number of rotatable bonds is 4. The van der Waals surface area contributed by atoms with Gasteiger partial charge in [0.15, 0.2) is 0 Å². The minimum absolute atomic E-state index is 1.17. The highest BCUT2D eigenvalue weighted by Gasteiger charge is 2.18. The molecule has 0 aliphatic heterocycles. The van der Waals surface area contributed by atoms with Gasteiger partial charge < -0.3 is 9.13 Å². The molecule has 11 aromatic rings. The number of thiophene rings is 1. The molecule has 0 N–H and O–H groups in total. The van der Waals surface area contributed by atoms with Gasteiger partial charge in [0, 0.05) is 53.1 Å². The fourth-order valence-corrected chi connectivity index (χ4v) is 9.39. The van der Waals surface area contributed by atoms with E-state index in [-0.39, 0.29) is 0 Å². The standard InChI is InChI=1S/C48H30N2S/c1-3-12-31(13-4-1)36-18-11-20-45-48(36)41-29-33(23-27-44(41)49(45)34-14-5-2-6-15-34)32-22-26-43-40(28-32)37-16-7-9-19-42(37)50(43)35-24-25-39-38-17-8-10-21-46(38)51-47(39)30-35/h1-30H. The molecule has 0 atom stereocenters. The lowest BCUT2D eigenvalue weighted by molar-refractivity contribution is 1.18. The zero-order valence-corrected chi connectivity index (χ0v) is 28.4. The molecule has 51 heavy (non-hydrogen) atoms. The van der Waals surface area contributed by atoms with E-state index in [1.54, 1.807) is 0 Å². The molecule has 3 heteroatoms. The Bertz CT molecular complexity index is 3130. The molecule has 0 aliphatic carbocycles. The van der Waals surface area contributed by atoms with Crippen molar-refractivity contribution in [1.82, 2.24) is 9.13 Å². The van der Waals surface area contributed by atoms with Crippen molar-refractivity contribution in [2.24, 2.45) is 0 Å². The van der Waals surface area contributed by atoms with E-state index in [9.17, 15) is 0 Å². The Morgan fingerprint density at radius 1 is 0.314 bits per heavy atom. The van der Waals surface area contributed by atoms with Crippen LogP contribution in [0, 0.1) is 0 Å². The van der Waals surface area contributed by atoms with Crippen LogP contribution in [0.4, 0.5) is 0 Å². The van der Waals surface area contributed by atoms with E-state index in [2.05, 4.69) is 191 Å². The maximum atomic E-state index is 2.43. The van der Waals surface area contributed by atoms with Gasteiger partial charge in [-0.25, -0.2) is 0 Å². The van der Waals surface area contributed by atoms with Crippen LogP contribution in [0.3, 0.4) is 0 Å². The van der Waals surface area contributed by atoms with Crippen LogP contribution in [0.15, 0.2) is 182 Å². The Balaban J connectivity index is 1.13. The smallest absolute Gasteiger partial charge is 0.0547 e. The molecular weight excluding hydrogens is 637 g/mol. The topological polar surface area (TPSA) is 9.86 Å². The van der Waals surface area contributed by atoms with Crippen molar-refractivity contribution in [2.45, 2.75) is 0 Å². The minimum atomic E-state index is 1.17. The van der Waals surface area contributed by atoms with E-state index < -0.39 is 0 Å². The number of hydrogen-bond donors (Lipinski definition) is 0. The van der Waals surface area contributed by atoms with Crippen LogP contribution in [0.5, 0.6) is 0 Å². The number of nitrogens with zero attached hydrogens (tertiary/aromatic N) is 2. The molecule has 3 heterocycles. The predicted octanol–water partition coefficient (Wildman–Crippen LogP) is 13.6. The normalized spacial score (nSPS) is 11.9. The summed E-state index contributed by atoms with van der Waals surface area (Å²) in [6, 6.07) is 66.7. The molecule has 0 saturated carbocycles. The summed E-state index contributed by atoms with van der Waals surface area (Å²) in [5.74, 6) is 0. The average molecular weight is 667 g/mol. The van der Waals surface area contributed by atoms with E-state index in [1.807, 2.05) is 11.3 Å². The summed E-state index contributed by atoms with van der Waals surface area (Å²) < 4.78 is 7.48. The van der Waals surface area contributed by atoms with Gasteiger partial charge in [0.25, 0.3) is 0 Å². The zero-order valence-electron chi connectivity index (χ0n) is 27.6. The van der Waals surface area contributed by atoms with E-state index in [0.29, 0.717) is 0 Å². The molecule has 2 nitrogen and oxygen atoms in total. The number of benzene rings is 8. The van der Waals surface area contributed by atoms with Crippen LogP contribution < -0.4 is 0 Å². The van der Waals surface area contributed by atoms with Gasteiger partial charge in [-0.05, 0) is 89.0 Å². The van der Waals surface area contributed by atoms with Crippen LogP contribution >= 0.6 is 11.3 Å². The summed E-state index contributed by atoms with van der Waals surface area (Å²) in [5.41, 5.74) is 12.1. The largest absolute Gasteiger partial charge is 0.309 e. The summed E-state index contributed by atoms with van der Waals surface area (Å²) in [4.78, 5) is 0. The second-order valence-corrected chi connectivity index (χ2v) is 14.4. The van der Waals surface area contributed by atoms with Gasteiger partial charge in [-0.15, -0.1) is 11.3 Å². The number of fused-ring (bicyclic) bond motifs is 9. The van der Waals surface area contributed by atoms with Crippen LogP contribution in [0.2, 0.25) is 0 Å². The third kappa shape index (κ3) is 4.29. The van der Waals surface area contributed by atoms with E-state index in [1.165, 1.54) is 97.4 Å². The molecule has 0 amide bonds. The predicted molar refractivity (Wildman–Crippen MR) is 219 cm³/mol. The average Bonchev–Trinajstić information content (AvgIpc) is 3.85. The minimum Gasteiger partial charge on any atom is -0.309 e. The van der Waals surface area contributed by atoms with Gasteiger partial charge in [-0.2, -0.15) is 0 Å². The highest BCUT2D eigenvalue weighted by Crippen LogP contribution is 2.42. The molecule has 0 saturated heterocycles. The van der Waals surface area contributed by atoms with Crippen molar-refractivity contribution in [1.29, 1.82) is 0 Å². The second kappa shape index (κ2) is 11.0. The molecule has 0 aliphatic rings. The maximum Gasteiger partial charge on any atom is 0.0547 e. The molecule has 0 unspecified atom stereocenters. The van der Waals surface area contributed by atoms with Gasteiger partial charge >= 0.3 is 0 Å². The third-order valence-electron chi connectivity index (χ3n) is 10.5. The first-order chi connectivity index (χ1) is 25.3. The molecule has 238 valence electrons. The second-order valence-electron chi connectivity index (χ2n) is 13.3. The zero-order chi connectivity index (χ0) is 33.5. The monoisotopic (exact) mass is 666 g/mol. The highest BCUT2D eigenvalue weighted by molar-refractivity contribution is 7.25. The molecule has 11 rings (SSSR count). The van der Waals surface area contributed by atoms with Crippen molar-refractivity contribution in [3.8, 4) is 33.6 Å². The van der Waals surface area contributed by atoms with E-state index in [0.717, 1.165) is 0 Å². The highest BCUT2D eigenvalue weighted by atomic mass is 32.1. The Hall–Kier alpha value is -6.42. The van der Waals surface area contributed by atoms with Crippen molar-refractivity contribution in [3.05, 3.63) is 182 Å². The van der Waals surface area contributed by atoms with Crippen LogP contribution in [-0.4, -0.2) is 9.13 Å². The lowest BCUT2D eigenvalue weighted by Gasteiger charge is -2.09. The molecule has 8 aromatic carbocycles. The van der Waals surface area contributed by atoms with Crippen molar-refractivity contribution >= 4 is 75.1 Å². The van der Waals surface area contributed by atoms with Gasteiger partial charge in [-0.1, -0.05) is 115 Å². The number of para-hydroxylation sites is 2. The first kappa shape index (κ1) is 28.4. The molecule has 0 fully saturated rings. The Morgan fingerprint density at radius 2 is 0.922 bits per heavy atom. The van der Waals surface area contributed by atoms with Crippen LogP contribution in [0.1, 0.15) is 0 Å². The molecular formula is C48H30N2S. The molecule has 0 radical (unpaired) electrons. The van der Waals surface area contributed by atoms with Gasteiger partial charge in [0.05, 0.1) is 22.1 Å². The summed E-state index contributed by atoms with van der Waals surface area (Å²) in [6.07, 6.45) is 0. The van der Waals surface area contributed by atoms with Crippen molar-refractivity contribution in [2.75, 3.05) is 0 Å². The fraction of sp³-hybridized carbons (Fsp3) is 0. The van der Waals surface area contributed by atoms with Crippen LogP contribution in [-0.2, 0) is 0 Å². The lowest BCUT2D eigenvalue weighted by Crippen LogP contribution is -1.93. The lowest BCUT2D eigenvalue weighted by atomic mass is 9.97. The van der Waals surface area contributed by atoms with Crippen molar-refractivity contribution < 1.29 is 0 Å². The first-order valence-corrected chi connectivity index (χ1v) is 18.3. The summed E-state index contributed by atoms with van der Waals surface area (Å²) >= 11 is 1.87. The number of aromatic nitrogens is 2. The maximum absolute atomic E-state index is 2.43. The van der Waals surface area contributed by atoms with Gasteiger partial charge in [0.1, 0.15) is 0 Å². The van der Waals surface area contributed by atoms with Gasteiger partial charge in [-0.3, -0.25) is 0 Å². The van der Waals surface area contributed by atoms with E-state index in [4.69, 9.17) is 0 Å². The van der Waals surface area contributed by atoms with Crippen molar-refractivity contribution in [3.63, 3.8) is 0 Å². The Kier molecular flexibility index (Phi) is 6.16. The Labute approximate surface area is 298 Å². The molecule has 0 spiro atoms. The van der Waals surface area contributed by atoms with Crippen LogP contribution in [0.25, 0.3) is 97.4 Å². The van der Waals surface area contributed by atoms with E-state index >= 15 is 0 Å². The molecule has 0 bridgehead atoms. The first-order valence-electron chi connectivity index (χ1n) is 17.4. The Morgan fingerprint density at radius 3 is 1.75 bits per heavy atom. The fourth-order valence-electron chi connectivity index (χ4n) is 8.25. The van der Waals surface area contributed by atoms with Gasteiger partial charge in [0.2, 0.25) is 0 Å². The summed E-state index contributed by atoms with van der Waals surface area (Å²) in [6.45, 7) is 0. The SMILES string of the molecule is c1ccc(-c2cccc3c2c2cc(-c4ccc5c(c4)c4ccccc4n5-c4ccc5c(c4)sc4ccccc45)ccc2n3-c2ccccc2)cc1. The summed E-state index contributed by atoms with van der Waals surface area (Å²) in [5, 5.41) is 7.71. The number of hydrogen-bond acceptors (Lipinski definition) is 1. The third-order valence-corrected chi connectivity index (χ3v) is 11.6. The quantitative estimate of drug-likeness (QED) is 0.177. The molecule has 3 aromatic heterocycles.